The van der Waals surface area contributed by atoms with Crippen molar-refractivity contribution in [2.45, 2.75) is 12.5 Å². The number of aliphatic hydroxyl groups is 1. The average molecular weight is 470 g/mol. The lowest BCUT2D eigenvalue weighted by Crippen LogP contribution is -2.38. The molecule has 0 saturated carbocycles. The molecule has 9 heteroatoms. The van der Waals surface area contributed by atoms with Crippen LogP contribution in [0, 0.1) is 5.82 Å². The zero-order chi connectivity index (χ0) is 24.2. The molecule has 2 aromatic carbocycles. The van der Waals surface area contributed by atoms with Crippen LogP contribution in [0.5, 0.6) is 11.5 Å². The molecule has 0 spiro atoms. The summed E-state index contributed by atoms with van der Waals surface area (Å²) in [7, 11) is 1.40. The topological polar surface area (TPSA) is 99.5 Å². The predicted molar refractivity (Wildman–Crippen MR) is 122 cm³/mol. The minimum Gasteiger partial charge on any atom is -0.507 e. The zero-order valence-corrected chi connectivity index (χ0v) is 18.9. The minimum atomic E-state index is -0.885. The van der Waals surface area contributed by atoms with Gasteiger partial charge in [-0.1, -0.05) is 6.07 Å². The fraction of sp³-hybridized carbons (Fsp3) is 0.360. The number of Topliss-reactive ketones (excluding diaryl/α,β-unsaturated/α-hetero) is 1. The van der Waals surface area contributed by atoms with Crippen molar-refractivity contribution in [1.82, 2.24) is 9.80 Å². The predicted octanol–water partition coefficient (Wildman–Crippen LogP) is 2.68. The van der Waals surface area contributed by atoms with Gasteiger partial charge in [-0.3, -0.25) is 14.5 Å². The third-order valence-electron chi connectivity index (χ3n) is 6.15. The Labute approximate surface area is 196 Å². The van der Waals surface area contributed by atoms with E-state index in [4.69, 9.17) is 9.47 Å². The molecule has 34 heavy (non-hydrogen) atoms. The quantitative estimate of drug-likeness (QED) is 0.365. The van der Waals surface area contributed by atoms with Gasteiger partial charge in [-0.25, -0.2) is 4.39 Å². The van der Waals surface area contributed by atoms with Crippen LogP contribution in [-0.4, -0.2) is 78.2 Å². The number of ketones is 1. The molecular formula is C25H27FN2O6. The second kappa shape index (κ2) is 10.2. The second-order valence-corrected chi connectivity index (χ2v) is 8.24. The van der Waals surface area contributed by atoms with Gasteiger partial charge >= 0.3 is 0 Å². The number of benzene rings is 2. The summed E-state index contributed by atoms with van der Waals surface area (Å²) in [6.07, 6.45) is 0.620. The molecule has 1 amide bonds. The number of ether oxygens (including phenoxy) is 2. The molecule has 180 valence electrons. The summed E-state index contributed by atoms with van der Waals surface area (Å²) in [5.41, 5.74) is 0.642. The van der Waals surface area contributed by atoms with E-state index in [1.807, 2.05) is 0 Å². The number of amides is 1. The lowest BCUT2D eigenvalue weighted by atomic mass is 9.95. The van der Waals surface area contributed by atoms with Gasteiger partial charge in [0, 0.05) is 31.7 Å². The van der Waals surface area contributed by atoms with E-state index < -0.39 is 23.5 Å². The number of phenols is 1. The number of aliphatic hydroxyl groups excluding tert-OH is 1. The van der Waals surface area contributed by atoms with E-state index in [0.29, 0.717) is 25.2 Å². The normalized spacial score (nSPS) is 20.6. The number of phenolic OH excluding ortho intramolecular Hbond substituents is 1. The van der Waals surface area contributed by atoms with Gasteiger partial charge in [-0.2, -0.15) is 0 Å². The highest BCUT2D eigenvalue weighted by atomic mass is 19.1. The molecule has 8 nitrogen and oxygen atoms in total. The molecule has 1 atom stereocenters. The fourth-order valence-corrected chi connectivity index (χ4v) is 4.37. The van der Waals surface area contributed by atoms with Crippen molar-refractivity contribution in [3.8, 4) is 11.5 Å². The van der Waals surface area contributed by atoms with Crippen LogP contribution in [0.4, 0.5) is 4.39 Å². The average Bonchev–Trinajstić information content (AvgIpc) is 3.10. The van der Waals surface area contributed by atoms with Gasteiger partial charge in [-0.05, 0) is 48.4 Å². The van der Waals surface area contributed by atoms with E-state index in [2.05, 4.69) is 4.90 Å². The molecule has 0 radical (unpaired) electrons. The monoisotopic (exact) mass is 470 g/mol. The van der Waals surface area contributed by atoms with Crippen LogP contribution in [0.1, 0.15) is 23.6 Å². The highest BCUT2D eigenvalue weighted by Crippen LogP contribution is 2.41. The fourth-order valence-electron chi connectivity index (χ4n) is 4.37. The van der Waals surface area contributed by atoms with E-state index in [1.54, 1.807) is 12.1 Å². The van der Waals surface area contributed by atoms with Crippen LogP contribution in [0.2, 0.25) is 0 Å². The molecule has 2 N–H and O–H groups in total. The highest BCUT2D eigenvalue weighted by molar-refractivity contribution is 6.46. The lowest BCUT2D eigenvalue weighted by molar-refractivity contribution is -0.140. The number of rotatable bonds is 7. The van der Waals surface area contributed by atoms with Crippen molar-refractivity contribution >= 4 is 17.4 Å². The number of methoxy groups -OCH3 is 1. The molecular weight excluding hydrogens is 443 g/mol. The molecule has 0 aliphatic carbocycles. The lowest BCUT2D eigenvalue weighted by Gasteiger charge is -2.29. The van der Waals surface area contributed by atoms with Crippen LogP contribution >= 0.6 is 0 Å². The number of hydrogen-bond acceptors (Lipinski definition) is 7. The number of morpholine rings is 1. The Morgan fingerprint density at radius 2 is 1.82 bits per heavy atom. The number of carbonyl (C=O) groups excluding carboxylic acids is 2. The van der Waals surface area contributed by atoms with Crippen LogP contribution in [-0.2, 0) is 14.3 Å². The van der Waals surface area contributed by atoms with Crippen molar-refractivity contribution in [3.63, 3.8) is 0 Å². The highest BCUT2D eigenvalue weighted by Gasteiger charge is 2.46. The largest absolute Gasteiger partial charge is 0.507 e. The smallest absolute Gasteiger partial charge is 0.295 e. The Morgan fingerprint density at radius 1 is 1.12 bits per heavy atom. The van der Waals surface area contributed by atoms with E-state index in [0.717, 1.165) is 19.6 Å². The molecule has 2 saturated heterocycles. The maximum Gasteiger partial charge on any atom is 0.295 e. The van der Waals surface area contributed by atoms with Gasteiger partial charge in [0.1, 0.15) is 11.6 Å². The third-order valence-corrected chi connectivity index (χ3v) is 6.15. The Bertz CT molecular complexity index is 1100. The van der Waals surface area contributed by atoms with E-state index in [1.165, 1.54) is 42.3 Å². The van der Waals surface area contributed by atoms with Crippen LogP contribution < -0.4 is 4.74 Å². The first-order chi connectivity index (χ1) is 16.4. The van der Waals surface area contributed by atoms with Crippen molar-refractivity contribution in [1.29, 1.82) is 0 Å². The molecule has 0 aromatic heterocycles. The van der Waals surface area contributed by atoms with Crippen LogP contribution in [0.3, 0.4) is 0 Å². The molecule has 2 fully saturated rings. The summed E-state index contributed by atoms with van der Waals surface area (Å²) >= 11 is 0. The first-order valence-electron chi connectivity index (χ1n) is 11.1. The van der Waals surface area contributed by atoms with Crippen LogP contribution in [0.15, 0.2) is 48.0 Å². The Hall–Kier alpha value is -3.43. The summed E-state index contributed by atoms with van der Waals surface area (Å²) in [4.78, 5) is 29.8. The summed E-state index contributed by atoms with van der Waals surface area (Å²) < 4.78 is 24.0. The summed E-state index contributed by atoms with van der Waals surface area (Å²) in [6, 6.07) is 8.71. The number of aromatic hydroxyl groups is 1. The number of carbonyl (C=O) groups is 2. The second-order valence-electron chi connectivity index (χ2n) is 8.24. The van der Waals surface area contributed by atoms with Gasteiger partial charge < -0.3 is 24.6 Å². The number of hydrogen-bond donors (Lipinski definition) is 2. The number of likely N-dealkylation sites (tertiary alicyclic amines) is 1. The standard InChI is InChI=1S/C25H27FN2O6/c1-33-20-15-17(5-8-19(20)29)22-21(23(30)16-3-6-18(26)7-4-16)24(31)25(32)28(22)10-2-9-27-11-13-34-14-12-27/h3-8,15,22,29-30H,2,9-14H2,1H3. The first kappa shape index (κ1) is 23.7. The van der Waals surface area contributed by atoms with Crippen molar-refractivity contribution in [2.24, 2.45) is 0 Å². The Balaban J connectivity index is 1.70. The van der Waals surface area contributed by atoms with Gasteiger partial charge in [0.2, 0.25) is 0 Å². The van der Waals surface area contributed by atoms with Gasteiger partial charge in [0.05, 0.1) is 31.9 Å². The SMILES string of the molecule is COc1cc(C2C(=C(O)c3ccc(F)cc3)C(=O)C(=O)N2CCCN2CCOCC2)ccc1O. The Morgan fingerprint density at radius 3 is 2.50 bits per heavy atom. The minimum absolute atomic E-state index is 0.0873. The van der Waals surface area contributed by atoms with Crippen molar-refractivity contribution in [3.05, 3.63) is 65.0 Å². The molecule has 2 aliphatic heterocycles. The molecule has 1 unspecified atom stereocenters. The van der Waals surface area contributed by atoms with Gasteiger partial charge in [0.25, 0.3) is 11.7 Å². The maximum absolute atomic E-state index is 13.4. The first-order valence-corrected chi connectivity index (χ1v) is 11.1. The van der Waals surface area contributed by atoms with E-state index in [9.17, 15) is 24.2 Å². The molecule has 2 heterocycles. The molecule has 2 aliphatic rings. The molecule has 2 aromatic rings. The van der Waals surface area contributed by atoms with Crippen LogP contribution in [0.25, 0.3) is 5.76 Å². The summed E-state index contributed by atoms with van der Waals surface area (Å²) in [5.74, 6) is -2.31. The van der Waals surface area contributed by atoms with Crippen molar-refractivity contribution in [2.75, 3.05) is 46.5 Å². The number of nitrogens with zero attached hydrogens (tertiary/aromatic N) is 2. The van der Waals surface area contributed by atoms with Gasteiger partial charge in [0.15, 0.2) is 11.5 Å². The van der Waals surface area contributed by atoms with E-state index in [-0.39, 0.29) is 34.9 Å². The molecule has 4 rings (SSSR count). The van der Waals surface area contributed by atoms with Crippen molar-refractivity contribution < 1.29 is 33.7 Å². The molecule has 0 bridgehead atoms. The summed E-state index contributed by atoms with van der Waals surface area (Å²) in [5, 5.41) is 21.0. The maximum atomic E-state index is 13.4. The number of halogens is 1. The van der Waals surface area contributed by atoms with E-state index >= 15 is 0 Å². The zero-order valence-electron chi connectivity index (χ0n) is 18.9. The Kier molecular flexibility index (Phi) is 7.14. The third kappa shape index (κ3) is 4.76. The van der Waals surface area contributed by atoms with Gasteiger partial charge in [-0.15, -0.1) is 0 Å². The summed E-state index contributed by atoms with van der Waals surface area (Å²) in [6.45, 7) is 3.96.